The van der Waals surface area contributed by atoms with Crippen molar-refractivity contribution in [3.05, 3.63) is 104 Å². The van der Waals surface area contributed by atoms with Crippen LogP contribution in [0.1, 0.15) is 39.2 Å². The molecule has 0 N–H and O–H groups in total. The van der Waals surface area contributed by atoms with Crippen LogP contribution in [0.3, 0.4) is 0 Å². The molecule has 2 aromatic heterocycles. The van der Waals surface area contributed by atoms with Crippen LogP contribution < -0.4 is 9.80 Å². The molecule has 35 heavy (non-hydrogen) atoms. The number of furan rings is 2. The highest BCUT2D eigenvalue weighted by Gasteiger charge is 2.47. The van der Waals surface area contributed by atoms with Crippen LogP contribution in [0.2, 0.25) is 13.1 Å². The van der Waals surface area contributed by atoms with E-state index in [1.807, 2.05) is 13.8 Å². The van der Waals surface area contributed by atoms with Crippen LogP contribution in [0.25, 0.3) is 0 Å². The van der Waals surface area contributed by atoms with Crippen LogP contribution in [0.4, 0.5) is 11.8 Å². The third-order valence-electron chi connectivity index (χ3n) is 7.91. The molecule has 0 bridgehead atoms. The van der Waals surface area contributed by atoms with E-state index in [4.69, 9.17) is 8.83 Å². The lowest BCUT2D eigenvalue weighted by Gasteiger charge is -2.31. The topological polar surface area (TPSA) is 32.8 Å². The highest BCUT2D eigenvalue weighted by Crippen LogP contribution is 2.52. The summed E-state index contributed by atoms with van der Waals surface area (Å²) in [6, 6.07) is 8.82. The predicted molar refractivity (Wildman–Crippen MR) is 146 cm³/mol. The molecule has 0 spiro atoms. The maximum absolute atomic E-state index is 6.05. The number of fused-ring (bicyclic) bond motifs is 2. The minimum atomic E-state index is -2.04. The van der Waals surface area contributed by atoms with Crippen molar-refractivity contribution in [3.63, 3.8) is 0 Å². The fourth-order valence-corrected chi connectivity index (χ4v) is 10.9. The highest BCUT2D eigenvalue weighted by atomic mass is 28.3. The van der Waals surface area contributed by atoms with Crippen molar-refractivity contribution in [2.24, 2.45) is 0 Å². The maximum atomic E-state index is 6.05. The Kier molecular flexibility index (Phi) is 4.72. The van der Waals surface area contributed by atoms with E-state index < -0.39 is 8.07 Å². The standard InChI is InChI=1S/C30H34N2O2Si/c1-17-13-25-23(15-19(3)31(25)27-11-9-21(5)33-27)29(17)35(7,8)30-18(2)14-26-24(30)16-20(4)32(26)28-12-10-22(6)34-28/h9-16,19-20H,1-8H3. The van der Waals surface area contributed by atoms with Crippen LogP contribution in [0.5, 0.6) is 0 Å². The summed E-state index contributed by atoms with van der Waals surface area (Å²) < 4.78 is 12.1. The molecule has 2 aliphatic carbocycles. The third-order valence-corrected chi connectivity index (χ3v) is 11.7. The molecule has 0 aromatic carbocycles. The SMILES string of the molecule is CC1=C([Si](C)(C)C2=C(C)C=C3C2=CC(C)N3c2ccc(C)o2)C2=CC(C)N(c3ccc(C)o3)C2=C1. The van der Waals surface area contributed by atoms with E-state index >= 15 is 0 Å². The van der Waals surface area contributed by atoms with Crippen LogP contribution >= 0.6 is 0 Å². The normalized spacial score (nSPS) is 23.8. The predicted octanol–water partition coefficient (Wildman–Crippen LogP) is 7.67. The van der Waals surface area contributed by atoms with Crippen molar-refractivity contribution >= 4 is 19.8 Å². The fourth-order valence-electron chi connectivity index (χ4n) is 6.72. The summed E-state index contributed by atoms with van der Waals surface area (Å²) in [5.41, 5.74) is 8.15. The van der Waals surface area contributed by atoms with E-state index in [0.29, 0.717) is 0 Å². The Bertz CT molecular complexity index is 1340. The second-order valence-corrected chi connectivity index (χ2v) is 15.2. The lowest BCUT2D eigenvalue weighted by Crippen LogP contribution is -2.35. The maximum Gasteiger partial charge on any atom is 0.200 e. The molecule has 2 aromatic rings. The van der Waals surface area contributed by atoms with Gasteiger partial charge in [0.05, 0.1) is 23.5 Å². The number of aryl methyl sites for hydroxylation is 2. The average molecular weight is 483 g/mol. The molecule has 4 aliphatic rings. The highest BCUT2D eigenvalue weighted by molar-refractivity contribution is 6.93. The summed E-state index contributed by atoms with van der Waals surface area (Å²) in [4.78, 5) is 4.70. The van der Waals surface area contributed by atoms with Crippen LogP contribution in [-0.4, -0.2) is 20.2 Å². The molecule has 0 radical (unpaired) electrons. The van der Waals surface area contributed by atoms with Crippen molar-refractivity contribution in [2.45, 2.75) is 66.7 Å². The first-order valence-corrected chi connectivity index (χ1v) is 15.6. The van der Waals surface area contributed by atoms with Gasteiger partial charge in [-0.05, 0) is 98.5 Å². The smallest absolute Gasteiger partial charge is 0.200 e. The van der Waals surface area contributed by atoms with Gasteiger partial charge < -0.3 is 18.6 Å². The molecule has 180 valence electrons. The molecule has 0 amide bonds. The van der Waals surface area contributed by atoms with Gasteiger partial charge in [-0.15, -0.1) is 0 Å². The number of rotatable bonds is 4. The molecule has 2 unspecified atom stereocenters. The first kappa shape index (κ1) is 22.3. The molecule has 4 nitrogen and oxygen atoms in total. The van der Waals surface area contributed by atoms with Crippen molar-refractivity contribution < 1.29 is 8.83 Å². The van der Waals surface area contributed by atoms with Crippen LogP contribution in [-0.2, 0) is 0 Å². The lowest BCUT2D eigenvalue weighted by molar-refractivity contribution is 0.524. The molecular formula is C30H34N2O2Si. The van der Waals surface area contributed by atoms with E-state index in [2.05, 4.69) is 99.2 Å². The molecule has 0 saturated heterocycles. The van der Waals surface area contributed by atoms with Gasteiger partial charge in [0.2, 0.25) is 11.8 Å². The molecule has 0 fully saturated rings. The molecular weight excluding hydrogens is 448 g/mol. The zero-order chi connectivity index (χ0) is 24.8. The van der Waals surface area contributed by atoms with Crippen LogP contribution in [0, 0.1) is 13.8 Å². The number of allylic oxidation sites excluding steroid dienone is 6. The summed E-state index contributed by atoms with van der Waals surface area (Å²) >= 11 is 0. The monoisotopic (exact) mass is 482 g/mol. The minimum absolute atomic E-state index is 0.269. The molecule has 5 heteroatoms. The van der Waals surface area contributed by atoms with Gasteiger partial charge in [0.15, 0.2) is 0 Å². The number of hydrogen-bond acceptors (Lipinski definition) is 4. The average Bonchev–Trinajstić information content (AvgIpc) is 3.57. The van der Waals surface area contributed by atoms with Crippen molar-refractivity contribution in [1.29, 1.82) is 0 Å². The molecule has 2 aliphatic heterocycles. The summed E-state index contributed by atoms with van der Waals surface area (Å²) in [6.45, 7) is 18.2. The van der Waals surface area contributed by atoms with E-state index in [1.54, 1.807) is 10.4 Å². The van der Waals surface area contributed by atoms with Gasteiger partial charge in [0.25, 0.3) is 0 Å². The van der Waals surface area contributed by atoms with E-state index in [0.717, 1.165) is 23.3 Å². The number of anilines is 2. The van der Waals surface area contributed by atoms with Crippen molar-refractivity contribution in [3.8, 4) is 0 Å². The zero-order valence-corrected chi connectivity index (χ0v) is 23.0. The largest absolute Gasteiger partial charge is 0.445 e. The first-order chi connectivity index (χ1) is 16.6. The summed E-state index contributed by atoms with van der Waals surface area (Å²) in [5, 5.41) is 3.10. The number of hydrogen-bond donors (Lipinski definition) is 0. The van der Waals surface area contributed by atoms with E-state index in [-0.39, 0.29) is 12.1 Å². The molecule has 4 heterocycles. The quantitative estimate of drug-likeness (QED) is 0.419. The summed E-state index contributed by atoms with van der Waals surface area (Å²) in [6.07, 6.45) is 9.63. The second-order valence-electron chi connectivity index (χ2n) is 11.0. The lowest BCUT2D eigenvalue weighted by atomic mass is 10.2. The Labute approximate surface area is 209 Å². The second kappa shape index (κ2) is 7.41. The Morgan fingerprint density at radius 1 is 0.657 bits per heavy atom. The summed E-state index contributed by atoms with van der Waals surface area (Å²) in [7, 11) is -2.04. The van der Waals surface area contributed by atoms with Gasteiger partial charge in [-0.25, -0.2) is 0 Å². The Morgan fingerprint density at radius 3 is 1.40 bits per heavy atom. The molecule has 6 rings (SSSR count). The zero-order valence-electron chi connectivity index (χ0n) is 22.0. The first-order valence-electron chi connectivity index (χ1n) is 12.6. The minimum Gasteiger partial charge on any atom is -0.445 e. The fraction of sp³-hybridized carbons (Fsp3) is 0.333. The molecule has 2 atom stereocenters. The number of nitrogens with zero attached hydrogens (tertiary/aromatic N) is 2. The van der Waals surface area contributed by atoms with Gasteiger partial charge in [-0.1, -0.05) is 25.2 Å². The Morgan fingerprint density at radius 2 is 1.06 bits per heavy atom. The van der Waals surface area contributed by atoms with Crippen molar-refractivity contribution in [1.82, 2.24) is 0 Å². The van der Waals surface area contributed by atoms with Gasteiger partial charge in [0.1, 0.15) is 19.6 Å². The Hall–Kier alpha value is -3.18. The summed E-state index contributed by atoms with van der Waals surface area (Å²) in [5.74, 6) is 3.75. The van der Waals surface area contributed by atoms with Crippen molar-refractivity contribution in [2.75, 3.05) is 9.80 Å². The van der Waals surface area contributed by atoms with E-state index in [1.165, 1.54) is 33.7 Å². The molecule has 0 saturated carbocycles. The van der Waals surface area contributed by atoms with Gasteiger partial charge >= 0.3 is 0 Å². The Balaban J connectivity index is 1.36. The van der Waals surface area contributed by atoms with Gasteiger partial charge in [0, 0.05) is 12.1 Å². The van der Waals surface area contributed by atoms with Crippen LogP contribution in [0.15, 0.2) is 101 Å². The van der Waals surface area contributed by atoms with Gasteiger partial charge in [-0.3, -0.25) is 0 Å². The van der Waals surface area contributed by atoms with Gasteiger partial charge in [-0.2, -0.15) is 0 Å². The van der Waals surface area contributed by atoms with E-state index in [9.17, 15) is 0 Å². The third kappa shape index (κ3) is 3.10.